The summed E-state index contributed by atoms with van der Waals surface area (Å²) in [6.07, 6.45) is 2.22. The molecule has 0 radical (unpaired) electrons. The maximum Gasteiger partial charge on any atom is 0.338 e. The molecule has 0 saturated heterocycles. The first kappa shape index (κ1) is 22.4. The number of esters is 1. The molecule has 0 aliphatic heterocycles. The molecule has 162 valence electrons. The van der Waals surface area contributed by atoms with E-state index in [1.807, 2.05) is 18.2 Å². The third-order valence-corrected chi connectivity index (χ3v) is 5.79. The van der Waals surface area contributed by atoms with Crippen molar-refractivity contribution >= 4 is 23.3 Å². The second-order valence-electron chi connectivity index (χ2n) is 7.38. The molecule has 1 aliphatic rings. The lowest BCUT2D eigenvalue weighted by molar-refractivity contribution is -0.162. The van der Waals surface area contributed by atoms with Crippen LogP contribution >= 0.6 is 11.6 Å². The Labute approximate surface area is 182 Å². The summed E-state index contributed by atoms with van der Waals surface area (Å²) >= 11 is 6.23. The van der Waals surface area contributed by atoms with Gasteiger partial charge in [0, 0.05) is 19.2 Å². The molecule has 2 N–H and O–H groups in total. The van der Waals surface area contributed by atoms with E-state index in [2.05, 4.69) is 0 Å². The average Bonchev–Trinajstić information content (AvgIpc) is 2.73. The fraction of sp³-hybridized carbons (Fsp3) is 0.435. The number of rotatable bonds is 8. The molecule has 0 fully saturated rings. The van der Waals surface area contributed by atoms with Gasteiger partial charge < -0.3 is 24.7 Å². The number of fused-ring (bicyclic) bond motifs is 1. The number of anilines is 1. The third kappa shape index (κ3) is 4.41. The Morgan fingerprint density at radius 3 is 2.63 bits per heavy atom. The second kappa shape index (κ2) is 9.69. The first-order valence-electron chi connectivity index (χ1n) is 9.99. The number of ether oxygens (including phenoxy) is 4. The molecule has 2 aromatic carbocycles. The molecular weight excluding hydrogens is 406 g/mol. The van der Waals surface area contributed by atoms with Crippen molar-refractivity contribution in [2.75, 3.05) is 33.2 Å². The highest BCUT2D eigenvalue weighted by Crippen LogP contribution is 2.43. The topological polar surface area (TPSA) is 80.0 Å². The number of aryl methyl sites for hydroxylation is 1. The van der Waals surface area contributed by atoms with Crippen molar-refractivity contribution in [3.63, 3.8) is 0 Å². The van der Waals surface area contributed by atoms with Gasteiger partial charge in [-0.15, -0.1) is 0 Å². The minimum absolute atomic E-state index is 0.303. The van der Waals surface area contributed by atoms with Crippen LogP contribution in [0.4, 0.5) is 5.69 Å². The van der Waals surface area contributed by atoms with Crippen molar-refractivity contribution < 1.29 is 23.7 Å². The first-order valence-corrected chi connectivity index (χ1v) is 10.4. The van der Waals surface area contributed by atoms with Crippen LogP contribution in [0.15, 0.2) is 36.4 Å². The zero-order chi connectivity index (χ0) is 21.7. The van der Waals surface area contributed by atoms with Crippen LogP contribution in [0.1, 0.15) is 41.3 Å². The van der Waals surface area contributed by atoms with E-state index in [0.29, 0.717) is 35.2 Å². The standard InChI is InChI=1S/C23H28ClNO5/c1-4-29-21(26)16-7-10-20(19(25)13-16)30-14-23(22(27-2)28-3)11-5-6-15-12-17(24)8-9-18(15)23/h7-10,12-13,22H,4-6,11,14,25H2,1-3H3/t23-/m0/s1. The predicted molar refractivity (Wildman–Crippen MR) is 116 cm³/mol. The molecule has 1 atom stereocenters. The van der Waals surface area contributed by atoms with Crippen LogP contribution in [0, 0.1) is 0 Å². The normalized spacial score (nSPS) is 18.2. The van der Waals surface area contributed by atoms with Crippen molar-refractivity contribution in [2.24, 2.45) is 0 Å². The Balaban J connectivity index is 1.91. The molecule has 0 aromatic heterocycles. The van der Waals surface area contributed by atoms with Crippen molar-refractivity contribution in [3.05, 3.63) is 58.1 Å². The number of hydrogen-bond acceptors (Lipinski definition) is 6. The number of nitrogen functional groups attached to an aromatic ring is 1. The molecule has 0 spiro atoms. The molecule has 1 aliphatic carbocycles. The number of halogens is 1. The number of methoxy groups -OCH3 is 2. The fourth-order valence-corrected chi connectivity index (χ4v) is 4.42. The van der Waals surface area contributed by atoms with Crippen molar-refractivity contribution in [1.29, 1.82) is 0 Å². The van der Waals surface area contributed by atoms with E-state index in [-0.39, 0.29) is 0 Å². The zero-order valence-corrected chi connectivity index (χ0v) is 18.3. The minimum atomic E-state index is -0.520. The van der Waals surface area contributed by atoms with Gasteiger partial charge in [0.15, 0.2) is 6.29 Å². The monoisotopic (exact) mass is 433 g/mol. The molecular formula is C23H28ClNO5. The molecule has 30 heavy (non-hydrogen) atoms. The Bertz CT molecular complexity index is 899. The molecule has 0 bridgehead atoms. The SMILES string of the molecule is CCOC(=O)c1ccc(OC[C@@]2(C(OC)OC)CCCc3cc(Cl)ccc32)c(N)c1. The molecule has 0 unspecified atom stereocenters. The van der Waals surface area contributed by atoms with Crippen LogP contribution in [-0.2, 0) is 26.0 Å². The van der Waals surface area contributed by atoms with Gasteiger partial charge in [0.2, 0.25) is 0 Å². The summed E-state index contributed by atoms with van der Waals surface area (Å²) in [6.45, 7) is 2.37. The Morgan fingerprint density at radius 2 is 1.97 bits per heavy atom. The molecule has 2 aromatic rings. The number of hydrogen-bond donors (Lipinski definition) is 1. The van der Waals surface area contributed by atoms with Crippen molar-refractivity contribution in [2.45, 2.75) is 37.9 Å². The molecule has 6 nitrogen and oxygen atoms in total. The van der Waals surface area contributed by atoms with Gasteiger partial charge in [-0.05, 0) is 67.6 Å². The molecule has 0 amide bonds. The highest BCUT2D eigenvalue weighted by atomic mass is 35.5. The molecule has 0 heterocycles. The second-order valence-corrected chi connectivity index (χ2v) is 7.81. The first-order chi connectivity index (χ1) is 14.4. The van der Waals surface area contributed by atoms with E-state index >= 15 is 0 Å². The quantitative estimate of drug-likeness (QED) is 0.378. The lowest BCUT2D eigenvalue weighted by atomic mass is 9.69. The lowest BCUT2D eigenvalue weighted by Crippen LogP contribution is -2.49. The van der Waals surface area contributed by atoms with Crippen molar-refractivity contribution in [3.8, 4) is 5.75 Å². The Hall–Kier alpha value is -2.28. The summed E-state index contributed by atoms with van der Waals surface area (Å²) in [4.78, 5) is 11.9. The van der Waals surface area contributed by atoms with Gasteiger partial charge >= 0.3 is 5.97 Å². The van der Waals surface area contributed by atoms with Crippen LogP contribution in [-0.4, -0.2) is 39.7 Å². The summed E-state index contributed by atoms with van der Waals surface area (Å²) < 4.78 is 22.6. The number of carbonyl (C=O) groups is 1. The van der Waals surface area contributed by atoms with Crippen LogP contribution in [0.2, 0.25) is 5.02 Å². The Kier molecular flexibility index (Phi) is 7.23. The largest absolute Gasteiger partial charge is 0.490 e. The lowest BCUT2D eigenvalue weighted by Gasteiger charge is -2.43. The van der Waals surface area contributed by atoms with Crippen LogP contribution in [0.25, 0.3) is 0 Å². The fourth-order valence-electron chi connectivity index (χ4n) is 4.22. The molecule has 0 saturated carbocycles. The third-order valence-electron chi connectivity index (χ3n) is 5.56. The number of nitrogens with two attached hydrogens (primary N) is 1. The zero-order valence-electron chi connectivity index (χ0n) is 17.6. The molecule has 3 rings (SSSR count). The summed E-state index contributed by atoms with van der Waals surface area (Å²) in [5, 5.41) is 0.704. The van der Waals surface area contributed by atoms with Crippen LogP contribution in [0.3, 0.4) is 0 Å². The minimum Gasteiger partial charge on any atom is -0.490 e. The van der Waals surface area contributed by atoms with Crippen LogP contribution < -0.4 is 10.5 Å². The van der Waals surface area contributed by atoms with Gasteiger partial charge in [-0.3, -0.25) is 0 Å². The molecule has 7 heteroatoms. The van der Waals surface area contributed by atoms with Gasteiger partial charge in [-0.2, -0.15) is 0 Å². The predicted octanol–water partition coefficient (Wildman–Crippen LogP) is 4.37. The maximum atomic E-state index is 11.9. The average molecular weight is 434 g/mol. The van der Waals surface area contributed by atoms with Crippen molar-refractivity contribution in [1.82, 2.24) is 0 Å². The highest BCUT2D eigenvalue weighted by molar-refractivity contribution is 6.30. The van der Waals surface area contributed by atoms with Gasteiger partial charge in [0.1, 0.15) is 12.4 Å². The van der Waals surface area contributed by atoms with Gasteiger partial charge in [0.05, 0.1) is 23.3 Å². The van der Waals surface area contributed by atoms with E-state index in [9.17, 15) is 4.79 Å². The Morgan fingerprint density at radius 1 is 1.20 bits per heavy atom. The summed E-state index contributed by atoms with van der Waals surface area (Å²) in [5.41, 5.74) is 8.67. The van der Waals surface area contributed by atoms with E-state index in [1.54, 1.807) is 39.3 Å². The van der Waals surface area contributed by atoms with Gasteiger partial charge in [-0.1, -0.05) is 17.7 Å². The smallest absolute Gasteiger partial charge is 0.338 e. The van der Waals surface area contributed by atoms with E-state index in [0.717, 1.165) is 24.8 Å². The summed E-state index contributed by atoms with van der Waals surface area (Å²) in [5.74, 6) is 0.0820. The highest BCUT2D eigenvalue weighted by Gasteiger charge is 2.45. The van der Waals surface area contributed by atoms with Crippen LogP contribution in [0.5, 0.6) is 5.75 Å². The van der Waals surface area contributed by atoms with E-state index in [4.69, 9.17) is 36.3 Å². The number of carbonyl (C=O) groups excluding carboxylic acids is 1. The van der Waals surface area contributed by atoms with E-state index in [1.165, 1.54) is 5.56 Å². The van der Waals surface area contributed by atoms with E-state index < -0.39 is 17.7 Å². The maximum absolute atomic E-state index is 11.9. The van der Waals surface area contributed by atoms with Gasteiger partial charge in [0.25, 0.3) is 0 Å². The summed E-state index contributed by atoms with van der Waals surface area (Å²) in [7, 11) is 3.26. The summed E-state index contributed by atoms with van der Waals surface area (Å²) in [6, 6.07) is 10.8. The number of benzene rings is 2. The van der Waals surface area contributed by atoms with Gasteiger partial charge in [-0.25, -0.2) is 4.79 Å².